The van der Waals surface area contributed by atoms with Gasteiger partial charge in [-0.15, -0.1) is 0 Å². The SMILES string of the molecule is CC(=O)c1c(F)cccc1NCc1ccc(-c2cccnc2)cc1. The Kier molecular flexibility index (Phi) is 4.66. The Morgan fingerprint density at radius 2 is 1.83 bits per heavy atom. The van der Waals surface area contributed by atoms with Gasteiger partial charge in [-0.3, -0.25) is 9.78 Å². The van der Waals surface area contributed by atoms with E-state index in [1.807, 2.05) is 42.6 Å². The Morgan fingerprint density at radius 1 is 1.04 bits per heavy atom. The largest absolute Gasteiger partial charge is 0.380 e. The number of nitrogens with one attached hydrogen (secondary N) is 1. The van der Waals surface area contributed by atoms with E-state index in [0.717, 1.165) is 16.7 Å². The van der Waals surface area contributed by atoms with Crippen LogP contribution in [0.25, 0.3) is 11.1 Å². The molecule has 24 heavy (non-hydrogen) atoms. The molecule has 0 saturated heterocycles. The maximum absolute atomic E-state index is 13.8. The third kappa shape index (κ3) is 3.49. The molecule has 3 nitrogen and oxygen atoms in total. The van der Waals surface area contributed by atoms with Crippen LogP contribution in [-0.2, 0) is 6.54 Å². The van der Waals surface area contributed by atoms with Gasteiger partial charge in [0.15, 0.2) is 5.78 Å². The van der Waals surface area contributed by atoms with Crippen LogP contribution in [0.3, 0.4) is 0 Å². The smallest absolute Gasteiger partial charge is 0.164 e. The summed E-state index contributed by atoms with van der Waals surface area (Å²) in [6.07, 6.45) is 3.56. The van der Waals surface area contributed by atoms with Crippen molar-refractivity contribution in [3.05, 3.63) is 83.9 Å². The fourth-order valence-electron chi connectivity index (χ4n) is 2.58. The van der Waals surface area contributed by atoms with E-state index in [9.17, 15) is 9.18 Å². The minimum atomic E-state index is -0.501. The van der Waals surface area contributed by atoms with Crippen molar-refractivity contribution in [2.45, 2.75) is 13.5 Å². The molecule has 1 N–H and O–H groups in total. The molecule has 0 saturated carbocycles. The van der Waals surface area contributed by atoms with Crippen LogP contribution in [0.5, 0.6) is 0 Å². The summed E-state index contributed by atoms with van der Waals surface area (Å²) >= 11 is 0. The Hall–Kier alpha value is -3.01. The molecule has 0 atom stereocenters. The minimum Gasteiger partial charge on any atom is -0.380 e. The van der Waals surface area contributed by atoms with Crippen molar-refractivity contribution in [2.24, 2.45) is 0 Å². The lowest BCUT2D eigenvalue weighted by Crippen LogP contribution is -2.07. The summed E-state index contributed by atoms with van der Waals surface area (Å²) in [4.78, 5) is 15.7. The van der Waals surface area contributed by atoms with Crippen molar-refractivity contribution < 1.29 is 9.18 Å². The lowest BCUT2D eigenvalue weighted by molar-refractivity contribution is 0.101. The van der Waals surface area contributed by atoms with E-state index in [1.165, 1.54) is 13.0 Å². The highest BCUT2D eigenvalue weighted by Gasteiger charge is 2.12. The lowest BCUT2D eigenvalue weighted by atomic mass is 10.1. The zero-order valence-corrected chi connectivity index (χ0v) is 13.3. The molecule has 0 aliphatic heterocycles. The quantitative estimate of drug-likeness (QED) is 0.693. The van der Waals surface area contributed by atoms with Crippen LogP contribution < -0.4 is 5.32 Å². The highest BCUT2D eigenvalue weighted by molar-refractivity contribution is 5.99. The summed E-state index contributed by atoms with van der Waals surface area (Å²) in [5.74, 6) is -0.790. The van der Waals surface area contributed by atoms with Gasteiger partial charge in [0.1, 0.15) is 5.82 Å². The number of hydrogen-bond acceptors (Lipinski definition) is 3. The number of ketones is 1. The Morgan fingerprint density at radius 3 is 2.50 bits per heavy atom. The molecular formula is C20H17FN2O. The number of aromatic nitrogens is 1. The van der Waals surface area contributed by atoms with Gasteiger partial charge < -0.3 is 5.32 Å². The first-order valence-corrected chi connectivity index (χ1v) is 7.68. The molecule has 3 aromatic rings. The van der Waals surface area contributed by atoms with E-state index < -0.39 is 5.82 Å². The maximum Gasteiger partial charge on any atom is 0.164 e. The first kappa shape index (κ1) is 15.9. The second-order valence-corrected chi connectivity index (χ2v) is 5.51. The second kappa shape index (κ2) is 7.04. The summed E-state index contributed by atoms with van der Waals surface area (Å²) in [7, 11) is 0. The molecule has 0 aliphatic rings. The van der Waals surface area contributed by atoms with Gasteiger partial charge >= 0.3 is 0 Å². The summed E-state index contributed by atoms with van der Waals surface area (Å²) in [5.41, 5.74) is 3.80. The van der Waals surface area contributed by atoms with Gasteiger partial charge in [-0.05, 0) is 41.8 Å². The lowest BCUT2D eigenvalue weighted by Gasteiger charge is -2.11. The molecule has 0 bridgehead atoms. The Bertz CT molecular complexity index is 845. The number of Topliss-reactive ketones (excluding diaryl/α,β-unsaturated/α-hetero) is 1. The average molecular weight is 320 g/mol. The average Bonchev–Trinajstić information content (AvgIpc) is 2.61. The van der Waals surface area contributed by atoms with Crippen LogP contribution >= 0.6 is 0 Å². The van der Waals surface area contributed by atoms with Gasteiger partial charge in [-0.1, -0.05) is 36.4 Å². The van der Waals surface area contributed by atoms with E-state index in [0.29, 0.717) is 12.2 Å². The molecule has 0 fully saturated rings. The highest BCUT2D eigenvalue weighted by Crippen LogP contribution is 2.22. The van der Waals surface area contributed by atoms with E-state index in [1.54, 1.807) is 18.3 Å². The van der Waals surface area contributed by atoms with Crippen molar-refractivity contribution in [1.29, 1.82) is 0 Å². The molecule has 2 aromatic carbocycles. The van der Waals surface area contributed by atoms with E-state index >= 15 is 0 Å². The van der Waals surface area contributed by atoms with Crippen LogP contribution in [0.2, 0.25) is 0 Å². The fourth-order valence-corrected chi connectivity index (χ4v) is 2.58. The molecule has 1 heterocycles. The molecular weight excluding hydrogens is 303 g/mol. The molecule has 0 unspecified atom stereocenters. The molecule has 0 amide bonds. The second-order valence-electron chi connectivity index (χ2n) is 5.51. The Labute approximate surface area is 140 Å². The van der Waals surface area contributed by atoms with Crippen LogP contribution in [0.4, 0.5) is 10.1 Å². The highest BCUT2D eigenvalue weighted by atomic mass is 19.1. The predicted octanol–water partition coefficient (Wildman–Crippen LogP) is 4.70. The third-order valence-electron chi connectivity index (χ3n) is 3.80. The first-order chi connectivity index (χ1) is 11.6. The summed E-state index contributed by atoms with van der Waals surface area (Å²) in [6, 6.07) is 16.6. The number of benzene rings is 2. The number of hydrogen-bond donors (Lipinski definition) is 1. The van der Waals surface area contributed by atoms with Crippen molar-refractivity contribution in [3.8, 4) is 11.1 Å². The number of anilines is 1. The summed E-state index contributed by atoms with van der Waals surface area (Å²) < 4.78 is 13.8. The maximum atomic E-state index is 13.8. The van der Waals surface area contributed by atoms with Crippen LogP contribution in [0.1, 0.15) is 22.8 Å². The van der Waals surface area contributed by atoms with Gasteiger partial charge in [0, 0.05) is 24.6 Å². The van der Waals surface area contributed by atoms with Gasteiger partial charge in [0.25, 0.3) is 0 Å². The fraction of sp³-hybridized carbons (Fsp3) is 0.100. The standard InChI is InChI=1S/C20H17FN2O/c1-14(24)20-18(21)5-2-6-19(20)23-12-15-7-9-16(10-8-15)17-4-3-11-22-13-17/h2-11,13,23H,12H2,1H3. The number of nitrogens with zero attached hydrogens (tertiary/aromatic N) is 1. The van der Waals surface area contributed by atoms with Crippen molar-refractivity contribution in [3.63, 3.8) is 0 Å². The zero-order valence-electron chi connectivity index (χ0n) is 13.3. The monoisotopic (exact) mass is 320 g/mol. The molecule has 0 spiro atoms. The molecule has 120 valence electrons. The number of carbonyl (C=O) groups excluding carboxylic acids is 1. The summed E-state index contributed by atoms with van der Waals surface area (Å²) in [5, 5.41) is 3.14. The van der Waals surface area contributed by atoms with Crippen LogP contribution in [0.15, 0.2) is 67.0 Å². The van der Waals surface area contributed by atoms with E-state index in [-0.39, 0.29) is 11.3 Å². The molecule has 0 radical (unpaired) electrons. The minimum absolute atomic E-state index is 0.101. The molecule has 1 aromatic heterocycles. The summed E-state index contributed by atoms with van der Waals surface area (Å²) in [6.45, 7) is 1.88. The van der Waals surface area contributed by atoms with Gasteiger partial charge in [0.05, 0.1) is 5.56 Å². The molecule has 4 heteroatoms. The zero-order chi connectivity index (χ0) is 16.9. The van der Waals surface area contributed by atoms with Crippen molar-refractivity contribution in [1.82, 2.24) is 4.98 Å². The van der Waals surface area contributed by atoms with Crippen LogP contribution in [-0.4, -0.2) is 10.8 Å². The topological polar surface area (TPSA) is 42.0 Å². The third-order valence-corrected chi connectivity index (χ3v) is 3.80. The van der Waals surface area contributed by atoms with Crippen molar-refractivity contribution >= 4 is 11.5 Å². The van der Waals surface area contributed by atoms with Crippen molar-refractivity contribution in [2.75, 3.05) is 5.32 Å². The first-order valence-electron chi connectivity index (χ1n) is 7.68. The van der Waals surface area contributed by atoms with E-state index in [2.05, 4.69) is 10.3 Å². The number of pyridine rings is 1. The Balaban J connectivity index is 1.74. The molecule has 0 aliphatic carbocycles. The number of halogens is 1. The predicted molar refractivity (Wildman–Crippen MR) is 93.4 cm³/mol. The van der Waals surface area contributed by atoms with Gasteiger partial charge in [-0.2, -0.15) is 0 Å². The number of carbonyl (C=O) groups is 1. The van der Waals surface area contributed by atoms with Gasteiger partial charge in [0.2, 0.25) is 0 Å². The van der Waals surface area contributed by atoms with Gasteiger partial charge in [-0.25, -0.2) is 4.39 Å². The van der Waals surface area contributed by atoms with E-state index in [4.69, 9.17) is 0 Å². The van der Waals surface area contributed by atoms with Crippen LogP contribution in [0, 0.1) is 5.82 Å². The number of rotatable bonds is 5. The molecule has 3 rings (SSSR count). The normalized spacial score (nSPS) is 10.4.